The Hall–Kier alpha value is -1.51. The van der Waals surface area contributed by atoms with Crippen LogP contribution in [0, 0.1) is 0 Å². The highest BCUT2D eigenvalue weighted by molar-refractivity contribution is 5.87. The fourth-order valence-corrected chi connectivity index (χ4v) is 2.59. The van der Waals surface area contributed by atoms with Crippen molar-refractivity contribution in [1.82, 2.24) is 5.32 Å². The Kier molecular flexibility index (Phi) is 4.83. The molecule has 1 atom stereocenters. The summed E-state index contributed by atoms with van der Waals surface area (Å²) in [7, 11) is 0. The molecular formula is C16H24N2O. The van der Waals surface area contributed by atoms with Gasteiger partial charge >= 0.3 is 0 Å². The van der Waals surface area contributed by atoms with Crippen molar-refractivity contribution in [3.8, 4) is 5.75 Å². The predicted molar refractivity (Wildman–Crippen MR) is 80.2 cm³/mol. The number of aliphatic imine (C=N–C) groups is 1. The molecule has 0 aromatic heterocycles. The third-order valence-corrected chi connectivity index (χ3v) is 3.73. The van der Waals surface area contributed by atoms with Crippen molar-refractivity contribution in [3.05, 3.63) is 29.8 Å². The molecule has 3 nitrogen and oxygen atoms in total. The van der Waals surface area contributed by atoms with E-state index in [4.69, 9.17) is 4.74 Å². The van der Waals surface area contributed by atoms with Gasteiger partial charge in [-0.2, -0.15) is 0 Å². The number of amidine groups is 1. The van der Waals surface area contributed by atoms with E-state index in [1.807, 2.05) is 6.07 Å². The van der Waals surface area contributed by atoms with Crippen LogP contribution in [0.15, 0.2) is 29.3 Å². The summed E-state index contributed by atoms with van der Waals surface area (Å²) in [5, 5.41) is 3.28. The van der Waals surface area contributed by atoms with Gasteiger partial charge in [-0.25, -0.2) is 0 Å². The lowest BCUT2D eigenvalue weighted by molar-refractivity contribution is 0.278. The number of hydrogen-bond donors (Lipinski definition) is 1. The molecule has 0 spiro atoms. The summed E-state index contributed by atoms with van der Waals surface area (Å²) in [6.45, 7) is 8.31. The molecule has 1 unspecified atom stereocenters. The molecule has 1 aromatic rings. The van der Waals surface area contributed by atoms with Gasteiger partial charge in [0.15, 0.2) is 6.10 Å². The average Bonchev–Trinajstić information content (AvgIpc) is 2.96. The molecule has 1 aliphatic heterocycles. The Balaban J connectivity index is 2.15. The van der Waals surface area contributed by atoms with Gasteiger partial charge in [0.2, 0.25) is 0 Å². The van der Waals surface area contributed by atoms with E-state index in [1.165, 1.54) is 5.56 Å². The van der Waals surface area contributed by atoms with Gasteiger partial charge in [-0.1, -0.05) is 32.0 Å². The molecule has 1 heterocycles. The van der Waals surface area contributed by atoms with Crippen molar-refractivity contribution < 1.29 is 4.74 Å². The molecule has 0 saturated carbocycles. The lowest BCUT2D eigenvalue weighted by atomic mass is 9.93. The fourth-order valence-electron chi connectivity index (χ4n) is 2.59. The Bertz CT molecular complexity index is 438. The number of benzene rings is 1. The zero-order valence-electron chi connectivity index (χ0n) is 12.1. The first-order valence-electron chi connectivity index (χ1n) is 7.30. The van der Waals surface area contributed by atoms with Crippen molar-refractivity contribution in [2.45, 2.75) is 45.6 Å². The first-order valence-corrected chi connectivity index (χ1v) is 7.30. The van der Waals surface area contributed by atoms with Crippen LogP contribution in [0.25, 0.3) is 0 Å². The second kappa shape index (κ2) is 6.60. The predicted octanol–water partition coefficient (Wildman–Crippen LogP) is 3.36. The van der Waals surface area contributed by atoms with Gasteiger partial charge in [0, 0.05) is 6.54 Å². The summed E-state index contributed by atoms with van der Waals surface area (Å²) in [5.74, 6) is 2.54. The SMILES string of the molecule is CCC(CC)c1ccccc1OC(C)C1=NCCN1. The Morgan fingerprint density at radius 1 is 1.26 bits per heavy atom. The lowest BCUT2D eigenvalue weighted by Gasteiger charge is -2.21. The second-order valence-electron chi connectivity index (χ2n) is 5.01. The van der Waals surface area contributed by atoms with E-state index >= 15 is 0 Å². The summed E-state index contributed by atoms with van der Waals surface area (Å²) in [6.07, 6.45) is 2.28. The van der Waals surface area contributed by atoms with E-state index in [0.717, 1.165) is 37.5 Å². The van der Waals surface area contributed by atoms with Crippen LogP contribution in [0.1, 0.15) is 45.1 Å². The molecule has 0 aliphatic carbocycles. The molecule has 0 saturated heterocycles. The summed E-state index contributed by atoms with van der Waals surface area (Å²) in [6, 6.07) is 8.39. The molecule has 1 N–H and O–H groups in total. The monoisotopic (exact) mass is 260 g/mol. The van der Waals surface area contributed by atoms with Gasteiger partial charge in [-0.05, 0) is 37.3 Å². The Morgan fingerprint density at radius 2 is 2.00 bits per heavy atom. The molecule has 1 aromatic carbocycles. The molecule has 2 rings (SSSR count). The van der Waals surface area contributed by atoms with Crippen molar-refractivity contribution in [3.63, 3.8) is 0 Å². The van der Waals surface area contributed by atoms with Gasteiger partial charge in [0.05, 0.1) is 6.54 Å². The molecular weight excluding hydrogens is 236 g/mol. The second-order valence-corrected chi connectivity index (χ2v) is 5.01. The van der Waals surface area contributed by atoms with Gasteiger partial charge in [-0.15, -0.1) is 0 Å². The minimum atomic E-state index is -0.00184. The van der Waals surface area contributed by atoms with Crippen molar-refractivity contribution in [2.24, 2.45) is 4.99 Å². The number of nitrogens with one attached hydrogen (secondary N) is 1. The quantitative estimate of drug-likeness (QED) is 0.851. The van der Waals surface area contributed by atoms with E-state index < -0.39 is 0 Å². The highest BCUT2D eigenvalue weighted by Gasteiger charge is 2.18. The normalized spacial score (nSPS) is 16.1. The van der Waals surface area contributed by atoms with Crippen LogP contribution in [0.4, 0.5) is 0 Å². The van der Waals surface area contributed by atoms with Crippen molar-refractivity contribution in [1.29, 1.82) is 0 Å². The van der Waals surface area contributed by atoms with Crippen molar-refractivity contribution >= 4 is 5.84 Å². The topological polar surface area (TPSA) is 33.6 Å². The largest absolute Gasteiger partial charge is 0.483 e. The Morgan fingerprint density at radius 3 is 2.63 bits per heavy atom. The number of nitrogens with zero attached hydrogens (tertiary/aromatic N) is 1. The molecule has 0 radical (unpaired) electrons. The third-order valence-electron chi connectivity index (χ3n) is 3.73. The number of ether oxygens (including phenoxy) is 1. The number of hydrogen-bond acceptors (Lipinski definition) is 3. The maximum atomic E-state index is 6.12. The van der Waals surface area contributed by atoms with Crippen molar-refractivity contribution in [2.75, 3.05) is 13.1 Å². The third kappa shape index (κ3) is 3.28. The maximum absolute atomic E-state index is 6.12. The molecule has 0 fully saturated rings. The smallest absolute Gasteiger partial charge is 0.152 e. The zero-order chi connectivity index (χ0) is 13.7. The minimum absolute atomic E-state index is 0.00184. The highest BCUT2D eigenvalue weighted by atomic mass is 16.5. The van der Waals surface area contributed by atoms with Gasteiger partial charge in [-0.3, -0.25) is 4.99 Å². The summed E-state index contributed by atoms with van der Waals surface area (Å²) in [5.41, 5.74) is 1.32. The van der Waals surface area contributed by atoms with E-state index in [-0.39, 0.29) is 6.10 Å². The van der Waals surface area contributed by atoms with E-state index in [9.17, 15) is 0 Å². The summed E-state index contributed by atoms with van der Waals surface area (Å²) in [4.78, 5) is 4.43. The van der Waals surface area contributed by atoms with Gasteiger partial charge in [0.1, 0.15) is 11.6 Å². The summed E-state index contributed by atoms with van der Waals surface area (Å²) < 4.78 is 6.12. The van der Waals surface area contributed by atoms with Gasteiger partial charge in [0.25, 0.3) is 0 Å². The van der Waals surface area contributed by atoms with Crippen LogP contribution in [0.2, 0.25) is 0 Å². The molecule has 104 valence electrons. The average molecular weight is 260 g/mol. The van der Waals surface area contributed by atoms with Crippen LogP contribution in [0.5, 0.6) is 5.75 Å². The molecule has 19 heavy (non-hydrogen) atoms. The molecule has 1 aliphatic rings. The van der Waals surface area contributed by atoms with E-state index in [0.29, 0.717) is 5.92 Å². The maximum Gasteiger partial charge on any atom is 0.152 e. The van der Waals surface area contributed by atoms with Crippen LogP contribution in [-0.4, -0.2) is 25.0 Å². The highest BCUT2D eigenvalue weighted by Crippen LogP contribution is 2.31. The molecule has 0 bridgehead atoms. The van der Waals surface area contributed by atoms with Crippen LogP contribution >= 0.6 is 0 Å². The zero-order valence-corrected chi connectivity index (χ0v) is 12.1. The molecule has 0 amide bonds. The van der Waals surface area contributed by atoms with E-state index in [2.05, 4.69) is 49.3 Å². The number of para-hydroxylation sites is 1. The number of rotatable bonds is 6. The fraction of sp³-hybridized carbons (Fsp3) is 0.562. The lowest BCUT2D eigenvalue weighted by Crippen LogP contribution is -2.33. The van der Waals surface area contributed by atoms with Crippen LogP contribution in [0.3, 0.4) is 0 Å². The van der Waals surface area contributed by atoms with Crippen LogP contribution < -0.4 is 10.1 Å². The first-order chi connectivity index (χ1) is 9.26. The minimum Gasteiger partial charge on any atom is -0.483 e. The summed E-state index contributed by atoms with van der Waals surface area (Å²) >= 11 is 0. The Labute approximate surface area is 116 Å². The first kappa shape index (κ1) is 13.9. The van der Waals surface area contributed by atoms with E-state index in [1.54, 1.807) is 0 Å². The molecule has 3 heteroatoms. The van der Waals surface area contributed by atoms with Crippen LogP contribution in [-0.2, 0) is 0 Å². The van der Waals surface area contributed by atoms with Gasteiger partial charge < -0.3 is 10.1 Å². The standard InChI is InChI=1S/C16H24N2O/c1-4-13(5-2)14-8-6-7-9-15(14)19-12(3)16-17-10-11-18-16/h6-9,12-13H,4-5,10-11H2,1-3H3,(H,17,18).